The van der Waals surface area contributed by atoms with Gasteiger partial charge in [0.1, 0.15) is 5.82 Å². The first kappa shape index (κ1) is 14.3. The zero-order valence-electron chi connectivity index (χ0n) is 11.9. The van der Waals surface area contributed by atoms with Gasteiger partial charge in [-0.05, 0) is 43.4 Å². The number of nitrogens with zero attached hydrogens (tertiary/aromatic N) is 1. The summed E-state index contributed by atoms with van der Waals surface area (Å²) in [4.78, 5) is 2.46. The van der Waals surface area contributed by atoms with Crippen molar-refractivity contribution in [3.8, 4) is 0 Å². The zero-order valence-corrected chi connectivity index (χ0v) is 12.7. The van der Waals surface area contributed by atoms with Crippen LogP contribution in [0.5, 0.6) is 0 Å². The molecule has 1 aromatic carbocycles. The topological polar surface area (TPSA) is 15.3 Å². The summed E-state index contributed by atoms with van der Waals surface area (Å²) in [5.41, 5.74) is 0.722. The first-order chi connectivity index (χ1) is 9.67. The Morgan fingerprint density at radius 3 is 2.90 bits per heavy atom. The number of nitrogens with one attached hydrogen (secondary N) is 1. The van der Waals surface area contributed by atoms with Crippen LogP contribution in [0, 0.1) is 11.7 Å². The lowest BCUT2D eigenvalue weighted by Crippen LogP contribution is -2.56. The summed E-state index contributed by atoms with van der Waals surface area (Å²) >= 11 is 6.00. The average molecular weight is 297 g/mol. The molecule has 1 heterocycles. The maximum absolute atomic E-state index is 13.9. The Kier molecular flexibility index (Phi) is 4.29. The zero-order chi connectivity index (χ0) is 14.1. The van der Waals surface area contributed by atoms with Crippen LogP contribution >= 0.6 is 11.6 Å². The molecule has 1 saturated carbocycles. The summed E-state index contributed by atoms with van der Waals surface area (Å²) in [7, 11) is 0. The van der Waals surface area contributed by atoms with Crippen LogP contribution in [0.3, 0.4) is 0 Å². The Bertz CT molecular complexity index is 476. The van der Waals surface area contributed by atoms with Crippen LogP contribution in [-0.4, -0.2) is 30.1 Å². The summed E-state index contributed by atoms with van der Waals surface area (Å²) in [5.74, 6) is 0.651. The maximum atomic E-state index is 13.9. The van der Waals surface area contributed by atoms with E-state index in [0.717, 1.165) is 31.0 Å². The van der Waals surface area contributed by atoms with Gasteiger partial charge < -0.3 is 5.32 Å². The third kappa shape index (κ3) is 3.16. The quantitative estimate of drug-likeness (QED) is 0.915. The second-order valence-electron chi connectivity index (χ2n) is 6.08. The van der Waals surface area contributed by atoms with Gasteiger partial charge in [0.05, 0.1) is 0 Å². The van der Waals surface area contributed by atoms with E-state index in [4.69, 9.17) is 11.6 Å². The third-order valence-corrected chi connectivity index (χ3v) is 4.81. The molecule has 0 bridgehead atoms. The molecule has 2 nitrogen and oxygen atoms in total. The first-order valence-corrected chi connectivity index (χ1v) is 7.96. The highest BCUT2D eigenvalue weighted by Gasteiger charge is 2.38. The van der Waals surface area contributed by atoms with E-state index in [2.05, 4.69) is 17.1 Å². The van der Waals surface area contributed by atoms with Crippen LogP contribution < -0.4 is 5.32 Å². The number of rotatable bonds is 4. The minimum absolute atomic E-state index is 0.143. The standard InChI is InChI=1S/C16H22ClFN2/c1-2-14-10-20(16(8-19-14)11-3-4-11)9-12-7-13(17)5-6-15(12)18/h5-7,11,14,16,19H,2-4,8-10H2,1H3. The van der Waals surface area contributed by atoms with Gasteiger partial charge in [-0.1, -0.05) is 18.5 Å². The minimum Gasteiger partial charge on any atom is -0.311 e. The van der Waals surface area contributed by atoms with Gasteiger partial charge in [-0.25, -0.2) is 4.39 Å². The van der Waals surface area contributed by atoms with Gasteiger partial charge in [-0.2, -0.15) is 0 Å². The second-order valence-corrected chi connectivity index (χ2v) is 6.52. The summed E-state index contributed by atoms with van der Waals surface area (Å²) < 4.78 is 13.9. The van der Waals surface area contributed by atoms with E-state index in [1.807, 2.05) is 0 Å². The molecular weight excluding hydrogens is 275 g/mol. The summed E-state index contributed by atoms with van der Waals surface area (Å²) in [6, 6.07) is 5.93. The summed E-state index contributed by atoms with van der Waals surface area (Å²) in [6.45, 7) is 4.91. The molecule has 3 rings (SSSR count). The molecule has 2 atom stereocenters. The monoisotopic (exact) mass is 296 g/mol. The predicted octanol–water partition coefficient (Wildman–Crippen LogP) is 3.44. The number of halogens is 2. The van der Waals surface area contributed by atoms with E-state index in [1.54, 1.807) is 12.1 Å². The normalized spacial score (nSPS) is 27.8. The van der Waals surface area contributed by atoms with Gasteiger partial charge in [-0.15, -0.1) is 0 Å². The van der Waals surface area contributed by atoms with E-state index in [0.29, 0.717) is 23.7 Å². The average Bonchev–Trinajstić information content (AvgIpc) is 3.27. The molecule has 1 aromatic rings. The molecule has 0 amide bonds. The van der Waals surface area contributed by atoms with Crippen molar-refractivity contribution in [1.29, 1.82) is 0 Å². The van der Waals surface area contributed by atoms with E-state index >= 15 is 0 Å². The Balaban J connectivity index is 1.76. The molecular formula is C16H22ClFN2. The number of hydrogen-bond acceptors (Lipinski definition) is 2. The van der Waals surface area contributed by atoms with Crippen LogP contribution in [0.4, 0.5) is 4.39 Å². The Morgan fingerprint density at radius 2 is 2.20 bits per heavy atom. The lowest BCUT2D eigenvalue weighted by atomic mass is 10.0. The van der Waals surface area contributed by atoms with Crippen molar-refractivity contribution >= 4 is 11.6 Å². The third-order valence-electron chi connectivity index (χ3n) is 4.58. The van der Waals surface area contributed by atoms with E-state index < -0.39 is 0 Å². The van der Waals surface area contributed by atoms with Gasteiger partial charge in [0, 0.05) is 42.3 Å². The predicted molar refractivity (Wildman–Crippen MR) is 80.4 cm³/mol. The molecule has 2 fully saturated rings. The lowest BCUT2D eigenvalue weighted by molar-refractivity contribution is 0.104. The SMILES string of the molecule is CCC1CN(Cc2cc(Cl)ccc2F)C(C2CC2)CN1. The summed E-state index contributed by atoms with van der Waals surface area (Å²) in [6.07, 6.45) is 3.75. The van der Waals surface area contributed by atoms with Crippen molar-refractivity contribution in [1.82, 2.24) is 10.2 Å². The molecule has 1 N–H and O–H groups in total. The van der Waals surface area contributed by atoms with Gasteiger partial charge >= 0.3 is 0 Å². The molecule has 110 valence electrons. The molecule has 4 heteroatoms. The molecule has 1 aliphatic heterocycles. The van der Waals surface area contributed by atoms with Crippen molar-refractivity contribution in [2.75, 3.05) is 13.1 Å². The highest BCUT2D eigenvalue weighted by molar-refractivity contribution is 6.30. The van der Waals surface area contributed by atoms with Gasteiger partial charge in [0.25, 0.3) is 0 Å². The Labute approximate surface area is 125 Å². The minimum atomic E-state index is -0.143. The van der Waals surface area contributed by atoms with Gasteiger partial charge in [-0.3, -0.25) is 4.90 Å². The van der Waals surface area contributed by atoms with Crippen molar-refractivity contribution in [3.05, 3.63) is 34.6 Å². The molecule has 1 saturated heterocycles. The number of piperazine rings is 1. The fourth-order valence-electron chi connectivity index (χ4n) is 3.18. The number of benzene rings is 1. The molecule has 1 aliphatic carbocycles. The fraction of sp³-hybridized carbons (Fsp3) is 0.625. The molecule has 2 unspecified atom stereocenters. The van der Waals surface area contributed by atoms with Crippen molar-refractivity contribution in [3.63, 3.8) is 0 Å². The molecule has 0 radical (unpaired) electrons. The van der Waals surface area contributed by atoms with E-state index in [-0.39, 0.29) is 5.82 Å². The molecule has 20 heavy (non-hydrogen) atoms. The van der Waals surface area contributed by atoms with Crippen LogP contribution in [-0.2, 0) is 6.54 Å². The Hall–Kier alpha value is -0.640. The molecule has 0 aromatic heterocycles. The van der Waals surface area contributed by atoms with Crippen molar-refractivity contribution in [2.45, 2.75) is 44.8 Å². The fourth-order valence-corrected chi connectivity index (χ4v) is 3.38. The summed E-state index contributed by atoms with van der Waals surface area (Å²) in [5, 5.41) is 4.24. The van der Waals surface area contributed by atoms with Crippen molar-refractivity contribution < 1.29 is 4.39 Å². The van der Waals surface area contributed by atoms with Crippen LogP contribution in [0.25, 0.3) is 0 Å². The van der Waals surface area contributed by atoms with E-state index in [1.165, 1.54) is 18.9 Å². The molecule has 2 aliphatic rings. The first-order valence-electron chi connectivity index (χ1n) is 7.58. The van der Waals surface area contributed by atoms with Crippen LogP contribution in [0.15, 0.2) is 18.2 Å². The van der Waals surface area contributed by atoms with Crippen LogP contribution in [0.1, 0.15) is 31.7 Å². The van der Waals surface area contributed by atoms with Gasteiger partial charge in [0.15, 0.2) is 0 Å². The Morgan fingerprint density at radius 1 is 1.40 bits per heavy atom. The van der Waals surface area contributed by atoms with Crippen molar-refractivity contribution in [2.24, 2.45) is 5.92 Å². The second kappa shape index (κ2) is 6.00. The lowest BCUT2D eigenvalue weighted by Gasteiger charge is -2.40. The van der Waals surface area contributed by atoms with E-state index in [9.17, 15) is 4.39 Å². The maximum Gasteiger partial charge on any atom is 0.127 e. The highest BCUT2D eigenvalue weighted by Crippen LogP contribution is 2.37. The van der Waals surface area contributed by atoms with Crippen LogP contribution in [0.2, 0.25) is 5.02 Å². The molecule has 0 spiro atoms. The highest BCUT2D eigenvalue weighted by atomic mass is 35.5. The van der Waals surface area contributed by atoms with Gasteiger partial charge in [0.2, 0.25) is 0 Å². The smallest absolute Gasteiger partial charge is 0.127 e. The number of hydrogen-bond donors (Lipinski definition) is 1. The largest absolute Gasteiger partial charge is 0.311 e.